The van der Waals surface area contributed by atoms with E-state index in [1.54, 1.807) is 0 Å². The molecule has 6 heteroatoms. The number of carbonyl (C=O) groups excluding carboxylic acids is 2. The lowest BCUT2D eigenvalue weighted by atomic mass is 10.1. The Morgan fingerprint density at radius 1 is 0.964 bits per heavy atom. The monoisotopic (exact) mass is 380 g/mol. The standard InChI is InChI=1S/C22H28N4O2/c1-14-12-15(2)18(16(3)13-14)24-21(27)20-23-19(17-8-4-5-11-26(17)20)22(28)25-9-6-7-10-25/h12-13H,4-11H2,1-3H3,(H,24,27). The summed E-state index contributed by atoms with van der Waals surface area (Å²) in [4.78, 5) is 32.5. The first-order valence-electron chi connectivity index (χ1n) is 10.2. The minimum Gasteiger partial charge on any atom is -0.337 e. The Morgan fingerprint density at radius 2 is 1.61 bits per heavy atom. The third-order valence-corrected chi connectivity index (χ3v) is 5.83. The van der Waals surface area contributed by atoms with E-state index in [9.17, 15) is 9.59 Å². The molecule has 2 amide bonds. The van der Waals surface area contributed by atoms with Crippen LogP contribution >= 0.6 is 0 Å². The molecule has 0 saturated carbocycles. The summed E-state index contributed by atoms with van der Waals surface area (Å²) in [5.41, 5.74) is 5.46. The fraction of sp³-hybridized carbons (Fsp3) is 0.500. The van der Waals surface area contributed by atoms with Crippen molar-refractivity contribution in [2.75, 3.05) is 18.4 Å². The number of anilines is 1. The molecule has 28 heavy (non-hydrogen) atoms. The van der Waals surface area contributed by atoms with Gasteiger partial charge in [0.25, 0.3) is 11.8 Å². The molecule has 1 N–H and O–H groups in total. The van der Waals surface area contributed by atoms with Crippen molar-refractivity contribution < 1.29 is 9.59 Å². The Balaban J connectivity index is 1.68. The molecule has 0 atom stereocenters. The summed E-state index contributed by atoms with van der Waals surface area (Å²) in [6, 6.07) is 4.12. The van der Waals surface area contributed by atoms with E-state index in [1.807, 2.05) is 30.2 Å². The highest BCUT2D eigenvalue weighted by Gasteiger charge is 2.31. The molecule has 3 heterocycles. The van der Waals surface area contributed by atoms with Crippen molar-refractivity contribution in [1.29, 1.82) is 0 Å². The van der Waals surface area contributed by atoms with Crippen molar-refractivity contribution in [3.05, 3.63) is 46.0 Å². The fourth-order valence-corrected chi connectivity index (χ4v) is 4.50. The summed E-state index contributed by atoms with van der Waals surface area (Å²) in [5, 5.41) is 3.05. The van der Waals surface area contributed by atoms with E-state index in [0.29, 0.717) is 11.5 Å². The SMILES string of the molecule is Cc1cc(C)c(NC(=O)c2nc(C(=O)N3CCCC3)c3n2CCCC3)c(C)c1. The van der Waals surface area contributed by atoms with Gasteiger partial charge in [0.1, 0.15) is 5.69 Å². The van der Waals surface area contributed by atoms with Gasteiger partial charge in [-0.2, -0.15) is 0 Å². The van der Waals surface area contributed by atoms with E-state index in [2.05, 4.69) is 22.4 Å². The molecule has 0 spiro atoms. The molecule has 1 aromatic carbocycles. The number of amides is 2. The second-order valence-corrected chi connectivity index (χ2v) is 8.07. The average molecular weight is 380 g/mol. The number of rotatable bonds is 3. The number of likely N-dealkylation sites (tertiary alicyclic amines) is 1. The molecule has 6 nitrogen and oxygen atoms in total. The molecular formula is C22H28N4O2. The number of benzene rings is 1. The molecule has 1 fully saturated rings. The summed E-state index contributed by atoms with van der Waals surface area (Å²) in [6.45, 7) is 8.36. The second kappa shape index (κ2) is 7.41. The number of carbonyl (C=O) groups is 2. The molecule has 0 unspecified atom stereocenters. The van der Waals surface area contributed by atoms with Gasteiger partial charge in [-0.3, -0.25) is 9.59 Å². The van der Waals surface area contributed by atoms with Crippen LogP contribution in [0.25, 0.3) is 0 Å². The molecule has 0 bridgehead atoms. The third-order valence-electron chi connectivity index (χ3n) is 5.83. The second-order valence-electron chi connectivity index (χ2n) is 8.07. The van der Waals surface area contributed by atoms with Gasteiger partial charge in [0.2, 0.25) is 0 Å². The van der Waals surface area contributed by atoms with E-state index in [-0.39, 0.29) is 11.8 Å². The van der Waals surface area contributed by atoms with Gasteiger partial charge in [-0.05, 0) is 64.0 Å². The highest BCUT2D eigenvalue weighted by Crippen LogP contribution is 2.26. The number of aromatic nitrogens is 2. The molecule has 0 radical (unpaired) electrons. The van der Waals surface area contributed by atoms with Gasteiger partial charge in [0.05, 0.1) is 5.69 Å². The van der Waals surface area contributed by atoms with Crippen LogP contribution in [0.1, 0.15) is 69.2 Å². The quantitative estimate of drug-likeness (QED) is 0.884. The molecule has 148 valence electrons. The van der Waals surface area contributed by atoms with Crippen LogP contribution in [0.2, 0.25) is 0 Å². The van der Waals surface area contributed by atoms with Crippen molar-refractivity contribution in [3.63, 3.8) is 0 Å². The zero-order valence-corrected chi connectivity index (χ0v) is 17.0. The van der Waals surface area contributed by atoms with Crippen molar-refractivity contribution in [2.45, 2.75) is 59.4 Å². The van der Waals surface area contributed by atoms with Crippen molar-refractivity contribution >= 4 is 17.5 Å². The minimum absolute atomic E-state index is 0.0232. The van der Waals surface area contributed by atoms with Gasteiger partial charge < -0.3 is 14.8 Å². The molecule has 2 aliphatic rings. The number of nitrogens with zero attached hydrogens (tertiary/aromatic N) is 3. The van der Waals surface area contributed by atoms with Crippen LogP contribution in [0.4, 0.5) is 5.69 Å². The van der Waals surface area contributed by atoms with Gasteiger partial charge in [0, 0.05) is 25.3 Å². The molecule has 4 rings (SSSR count). The van der Waals surface area contributed by atoms with Gasteiger partial charge in [0.15, 0.2) is 5.82 Å². The van der Waals surface area contributed by atoms with Crippen molar-refractivity contribution in [2.24, 2.45) is 0 Å². The Hall–Kier alpha value is -2.63. The Kier molecular flexibility index (Phi) is 4.96. The van der Waals surface area contributed by atoms with E-state index >= 15 is 0 Å². The van der Waals surface area contributed by atoms with Crippen LogP contribution in [0.3, 0.4) is 0 Å². The Morgan fingerprint density at radius 3 is 2.29 bits per heavy atom. The fourth-order valence-electron chi connectivity index (χ4n) is 4.50. The van der Waals surface area contributed by atoms with Crippen LogP contribution in [-0.2, 0) is 13.0 Å². The number of hydrogen-bond acceptors (Lipinski definition) is 3. The maximum atomic E-state index is 13.1. The largest absolute Gasteiger partial charge is 0.337 e. The van der Waals surface area contributed by atoms with Crippen LogP contribution in [0, 0.1) is 20.8 Å². The summed E-state index contributed by atoms with van der Waals surface area (Å²) in [5.74, 6) is 0.0974. The third kappa shape index (κ3) is 3.32. The molecule has 2 aromatic rings. The predicted octanol–water partition coefficient (Wildman–Crippen LogP) is 3.63. The lowest BCUT2D eigenvalue weighted by molar-refractivity contribution is 0.0786. The van der Waals surface area contributed by atoms with E-state index in [0.717, 1.165) is 74.2 Å². The average Bonchev–Trinajstić information content (AvgIpc) is 3.32. The number of hydrogen-bond donors (Lipinski definition) is 1. The van der Waals surface area contributed by atoms with Crippen molar-refractivity contribution in [3.8, 4) is 0 Å². The lowest BCUT2D eigenvalue weighted by Gasteiger charge is -2.19. The van der Waals surface area contributed by atoms with Crippen molar-refractivity contribution in [1.82, 2.24) is 14.5 Å². The molecule has 1 saturated heterocycles. The van der Waals surface area contributed by atoms with Crippen LogP contribution in [0.5, 0.6) is 0 Å². The van der Waals surface area contributed by atoms with E-state index < -0.39 is 0 Å². The number of aryl methyl sites for hydroxylation is 3. The number of nitrogens with one attached hydrogen (secondary N) is 1. The summed E-state index contributed by atoms with van der Waals surface area (Å²) >= 11 is 0. The summed E-state index contributed by atoms with van der Waals surface area (Å²) in [7, 11) is 0. The zero-order valence-electron chi connectivity index (χ0n) is 17.0. The number of fused-ring (bicyclic) bond motifs is 1. The minimum atomic E-state index is -0.237. The van der Waals surface area contributed by atoms with Crippen LogP contribution in [-0.4, -0.2) is 39.4 Å². The predicted molar refractivity (Wildman–Crippen MR) is 109 cm³/mol. The summed E-state index contributed by atoms with van der Waals surface area (Å²) in [6.07, 6.45) is 4.92. The first-order chi connectivity index (χ1) is 13.5. The topological polar surface area (TPSA) is 67.2 Å². The first kappa shape index (κ1) is 18.7. The molecule has 0 aliphatic carbocycles. The lowest BCUT2D eigenvalue weighted by Crippen LogP contribution is -2.29. The van der Waals surface area contributed by atoms with Crippen LogP contribution in [0.15, 0.2) is 12.1 Å². The summed E-state index contributed by atoms with van der Waals surface area (Å²) < 4.78 is 1.96. The Bertz CT molecular complexity index is 915. The van der Waals surface area contributed by atoms with Gasteiger partial charge in [-0.1, -0.05) is 17.7 Å². The molecule has 1 aromatic heterocycles. The van der Waals surface area contributed by atoms with E-state index in [1.165, 1.54) is 5.56 Å². The number of imidazole rings is 1. The van der Waals surface area contributed by atoms with Gasteiger partial charge in [-0.25, -0.2) is 4.98 Å². The van der Waals surface area contributed by atoms with Crippen LogP contribution < -0.4 is 5.32 Å². The highest BCUT2D eigenvalue weighted by molar-refractivity contribution is 6.04. The van der Waals surface area contributed by atoms with Gasteiger partial charge >= 0.3 is 0 Å². The Labute approximate surface area is 165 Å². The maximum Gasteiger partial charge on any atom is 0.291 e. The van der Waals surface area contributed by atoms with E-state index in [4.69, 9.17) is 0 Å². The maximum absolute atomic E-state index is 13.1. The molecule has 2 aliphatic heterocycles. The first-order valence-corrected chi connectivity index (χ1v) is 10.2. The smallest absolute Gasteiger partial charge is 0.291 e. The normalized spacial score (nSPS) is 16.2. The molecular weight excluding hydrogens is 352 g/mol. The van der Waals surface area contributed by atoms with Gasteiger partial charge in [-0.15, -0.1) is 0 Å². The highest BCUT2D eigenvalue weighted by atomic mass is 16.2. The zero-order chi connectivity index (χ0) is 19.8.